The number of hydrogen-bond donors (Lipinski definition) is 1. The number of carbonyl (C=O) groups is 2. The lowest BCUT2D eigenvalue weighted by atomic mass is 10.1. The molecule has 0 radical (unpaired) electrons. The van der Waals surface area contributed by atoms with Gasteiger partial charge in [0.15, 0.2) is 5.17 Å². The molecule has 6 heteroatoms. The van der Waals surface area contributed by atoms with E-state index < -0.39 is 5.91 Å². The molecule has 2 heterocycles. The van der Waals surface area contributed by atoms with Gasteiger partial charge in [0.2, 0.25) is 0 Å². The number of amides is 2. The number of fused-ring (bicyclic) bond motifs is 1. The van der Waals surface area contributed by atoms with Crippen molar-refractivity contribution < 1.29 is 9.59 Å². The predicted octanol–water partition coefficient (Wildman–Crippen LogP) is 2.84. The van der Waals surface area contributed by atoms with E-state index in [1.54, 1.807) is 4.90 Å². The monoisotopic (exact) mass is 349 g/mol. The first kappa shape index (κ1) is 15.7. The molecule has 0 saturated heterocycles. The Bertz CT molecular complexity index is 961. The van der Waals surface area contributed by atoms with E-state index in [1.807, 2.05) is 55.5 Å². The highest BCUT2D eigenvalue weighted by molar-refractivity contribution is 8.18. The van der Waals surface area contributed by atoms with Gasteiger partial charge >= 0.3 is 0 Å². The van der Waals surface area contributed by atoms with Crippen LogP contribution in [0.25, 0.3) is 5.57 Å². The molecule has 4 rings (SSSR count). The SMILES string of the molecule is Cc1ccc(CN2C(=O)/C(=C3\SC(N)=NC3=O)c3ccccc32)cc1. The third-order valence-corrected chi connectivity index (χ3v) is 5.11. The second-order valence-electron chi connectivity index (χ2n) is 5.96. The van der Waals surface area contributed by atoms with Crippen LogP contribution in [0, 0.1) is 6.92 Å². The molecular weight excluding hydrogens is 334 g/mol. The summed E-state index contributed by atoms with van der Waals surface area (Å²) >= 11 is 1.06. The Morgan fingerprint density at radius 2 is 1.80 bits per heavy atom. The Balaban J connectivity index is 1.78. The third-order valence-electron chi connectivity index (χ3n) is 4.22. The minimum atomic E-state index is -0.446. The number of rotatable bonds is 2. The Morgan fingerprint density at radius 1 is 1.08 bits per heavy atom. The average Bonchev–Trinajstić information content (AvgIpc) is 3.06. The van der Waals surface area contributed by atoms with Gasteiger partial charge in [0, 0.05) is 5.56 Å². The average molecular weight is 349 g/mol. The van der Waals surface area contributed by atoms with Crippen LogP contribution in [0.5, 0.6) is 0 Å². The molecule has 2 aromatic carbocycles. The number of nitrogens with two attached hydrogens (primary N) is 1. The van der Waals surface area contributed by atoms with Crippen LogP contribution in [0.1, 0.15) is 16.7 Å². The zero-order chi connectivity index (χ0) is 17.6. The number of aryl methyl sites for hydroxylation is 1. The van der Waals surface area contributed by atoms with Gasteiger partial charge in [-0.3, -0.25) is 9.59 Å². The molecular formula is C19H15N3O2S. The van der Waals surface area contributed by atoms with Gasteiger partial charge in [-0.25, -0.2) is 0 Å². The van der Waals surface area contributed by atoms with Crippen LogP contribution in [0.15, 0.2) is 58.4 Å². The van der Waals surface area contributed by atoms with Gasteiger partial charge in [-0.15, -0.1) is 0 Å². The molecule has 2 aliphatic rings. The molecule has 0 bridgehead atoms. The summed E-state index contributed by atoms with van der Waals surface area (Å²) in [7, 11) is 0. The molecule has 0 spiro atoms. The Morgan fingerprint density at radius 3 is 2.48 bits per heavy atom. The van der Waals surface area contributed by atoms with Crippen molar-refractivity contribution in [3.8, 4) is 0 Å². The molecule has 0 fully saturated rings. The van der Waals surface area contributed by atoms with E-state index >= 15 is 0 Å². The number of carbonyl (C=O) groups excluding carboxylic acids is 2. The fraction of sp³-hybridized carbons (Fsp3) is 0.105. The van der Waals surface area contributed by atoms with E-state index in [0.717, 1.165) is 28.6 Å². The molecule has 25 heavy (non-hydrogen) atoms. The predicted molar refractivity (Wildman–Crippen MR) is 100.0 cm³/mol. The molecule has 2 amide bonds. The van der Waals surface area contributed by atoms with Crippen LogP contribution in [-0.4, -0.2) is 17.0 Å². The van der Waals surface area contributed by atoms with Gasteiger partial charge in [-0.2, -0.15) is 4.99 Å². The maximum absolute atomic E-state index is 13.1. The lowest BCUT2D eigenvalue weighted by Gasteiger charge is -2.17. The topological polar surface area (TPSA) is 75.8 Å². The highest BCUT2D eigenvalue weighted by Gasteiger charge is 2.38. The highest BCUT2D eigenvalue weighted by Crippen LogP contribution is 2.43. The summed E-state index contributed by atoms with van der Waals surface area (Å²) in [6, 6.07) is 15.5. The van der Waals surface area contributed by atoms with Crippen molar-refractivity contribution >= 4 is 40.0 Å². The van der Waals surface area contributed by atoms with Gasteiger partial charge in [0.1, 0.15) is 0 Å². The van der Waals surface area contributed by atoms with Gasteiger partial charge in [0.05, 0.1) is 22.7 Å². The zero-order valence-corrected chi connectivity index (χ0v) is 14.3. The van der Waals surface area contributed by atoms with Crippen LogP contribution < -0.4 is 10.6 Å². The van der Waals surface area contributed by atoms with Crippen molar-refractivity contribution in [1.29, 1.82) is 0 Å². The lowest BCUT2D eigenvalue weighted by Crippen LogP contribution is -2.26. The number of para-hydroxylation sites is 1. The van der Waals surface area contributed by atoms with E-state index in [9.17, 15) is 9.59 Å². The summed E-state index contributed by atoms with van der Waals surface area (Å²) in [6.07, 6.45) is 0. The van der Waals surface area contributed by atoms with Crippen LogP contribution in [-0.2, 0) is 16.1 Å². The fourth-order valence-corrected chi connectivity index (χ4v) is 3.78. The first-order valence-electron chi connectivity index (χ1n) is 7.82. The van der Waals surface area contributed by atoms with Gasteiger partial charge in [-0.1, -0.05) is 48.0 Å². The quantitative estimate of drug-likeness (QED) is 0.846. The maximum Gasteiger partial charge on any atom is 0.287 e. The number of benzene rings is 2. The molecule has 2 aromatic rings. The van der Waals surface area contributed by atoms with E-state index in [2.05, 4.69) is 4.99 Å². The summed E-state index contributed by atoms with van der Waals surface area (Å²) in [5.74, 6) is -0.639. The number of aliphatic imine (C=N–C) groups is 1. The van der Waals surface area contributed by atoms with Crippen molar-refractivity contribution in [3.63, 3.8) is 0 Å². The van der Waals surface area contributed by atoms with Crippen LogP contribution in [0.3, 0.4) is 0 Å². The number of thioether (sulfide) groups is 1. The van der Waals surface area contributed by atoms with Crippen molar-refractivity contribution in [2.45, 2.75) is 13.5 Å². The number of anilines is 1. The normalized spacial score (nSPS) is 19.4. The van der Waals surface area contributed by atoms with E-state index in [1.165, 1.54) is 5.56 Å². The second-order valence-corrected chi connectivity index (χ2v) is 6.99. The Labute approximate surface area is 149 Å². The maximum atomic E-state index is 13.1. The minimum Gasteiger partial charge on any atom is -0.378 e. The first-order chi connectivity index (χ1) is 12.0. The molecule has 2 aliphatic heterocycles. The van der Waals surface area contributed by atoms with Gasteiger partial charge in [-0.05, 0) is 30.3 Å². The van der Waals surface area contributed by atoms with E-state index in [0.29, 0.717) is 17.0 Å². The highest BCUT2D eigenvalue weighted by atomic mass is 32.2. The smallest absolute Gasteiger partial charge is 0.287 e. The van der Waals surface area contributed by atoms with Gasteiger partial charge < -0.3 is 10.6 Å². The molecule has 0 atom stereocenters. The Hall–Kier alpha value is -2.86. The van der Waals surface area contributed by atoms with E-state index in [4.69, 9.17) is 5.73 Å². The van der Waals surface area contributed by atoms with E-state index in [-0.39, 0.29) is 11.1 Å². The van der Waals surface area contributed by atoms with Crippen LogP contribution in [0.4, 0.5) is 5.69 Å². The number of nitrogens with zero attached hydrogens (tertiary/aromatic N) is 2. The summed E-state index contributed by atoms with van der Waals surface area (Å²) < 4.78 is 0. The van der Waals surface area contributed by atoms with Crippen LogP contribution >= 0.6 is 11.8 Å². The second kappa shape index (κ2) is 5.89. The Kier molecular flexibility index (Phi) is 3.69. The fourth-order valence-electron chi connectivity index (χ4n) is 3.01. The molecule has 124 valence electrons. The molecule has 0 saturated carbocycles. The lowest BCUT2D eigenvalue weighted by molar-refractivity contribution is -0.115. The molecule has 0 aromatic heterocycles. The molecule has 2 N–H and O–H groups in total. The summed E-state index contributed by atoms with van der Waals surface area (Å²) in [5.41, 5.74) is 9.79. The third kappa shape index (κ3) is 2.64. The van der Waals surface area contributed by atoms with Crippen molar-refractivity contribution in [1.82, 2.24) is 0 Å². The first-order valence-corrected chi connectivity index (χ1v) is 8.63. The van der Waals surface area contributed by atoms with Crippen molar-refractivity contribution in [3.05, 3.63) is 70.1 Å². The summed E-state index contributed by atoms with van der Waals surface area (Å²) in [6.45, 7) is 2.47. The molecule has 5 nitrogen and oxygen atoms in total. The minimum absolute atomic E-state index is 0.176. The number of amidine groups is 1. The zero-order valence-electron chi connectivity index (χ0n) is 13.5. The largest absolute Gasteiger partial charge is 0.378 e. The molecule has 0 unspecified atom stereocenters. The number of hydrogen-bond acceptors (Lipinski definition) is 4. The van der Waals surface area contributed by atoms with Crippen LogP contribution in [0.2, 0.25) is 0 Å². The molecule has 0 aliphatic carbocycles. The summed E-state index contributed by atoms with van der Waals surface area (Å²) in [5, 5.41) is 0.176. The van der Waals surface area contributed by atoms with Crippen molar-refractivity contribution in [2.75, 3.05) is 4.90 Å². The van der Waals surface area contributed by atoms with Gasteiger partial charge in [0.25, 0.3) is 11.8 Å². The van der Waals surface area contributed by atoms with Crippen molar-refractivity contribution in [2.24, 2.45) is 10.7 Å². The summed E-state index contributed by atoms with van der Waals surface area (Å²) in [4.78, 5) is 30.9. The standard InChI is InChI=1S/C19H15N3O2S/c1-11-6-8-12(9-7-11)10-22-14-5-3-2-4-13(14)15(18(22)24)16-17(23)21-19(20)25-16/h2-9H,10H2,1H3,(H2,20,21,23)/b16-15-.